The highest BCUT2D eigenvalue weighted by Crippen LogP contribution is 2.32. The van der Waals surface area contributed by atoms with Gasteiger partial charge in [-0.25, -0.2) is 0 Å². The molecule has 0 unspecified atom stereocenters. The number of aromatic nitrogens is 2. The number of nitrogens with zero attached hydrogens (tertiary/aromatic N) is 4. The molecule has 2 aliphatic heterocycles. The number of ether oxygens (including phenoxy) is 2. The third-order valence-electron chi connectivity index (χ3n) is 6.96. The van der Waals surface area contributed by atoms with E-state index in [1.807, 2.05) is 55.1 Å². The van der Waals surface area contributed by atoms with Crippen molar-refractivity contribution in [2.24, 2.45) is 0 Å². The molecular formula is C29H33N5O5. The van der Waals surface area contributed by atoms with E-state index in [4.69, 9.17) is 9.47 Å². The molecule has 0 spiro atoms. The molecule has 0 fully saturated rings. The van der Waals surface area contributed by atoms with Crippen LogP contribution in [0.3, 0.4) is 0 Å². The fourth-order valence-corrected chi connectivity index (χ4v) is 4.86. The first-order valence-electron chi connectivity index (χ1n) is 13.3. The average Bonchev–Trinajstić information content (AvgIpc) is 3.55. The van der Waals surface area contributed by atoms with E-state index in [0.29, 0.717) is 49.9 Å². The van der Waals surface area contributed by atoms with Crippen molar-refractivity contribution < 1.29 is 23.9 Å². The van der Waals surface area contributed by atoms with E-state index in [-0.39, 0.29) is 43.2 Å². The summed E-state index contributed by atoms with van der Waals surface area (Å²) in [6.07, 6.45) is 0.905. The summed E-state index contributed by atoms with van der Waals surface area (Å²) in [4.78, 5) is 42.5. The Labute approximate surface area is 227 Å². The number of fused-ring (bicyclic) bond motifs is 2. The monoisotopic (exact) mass is 531 g/mol. The summed E-state index contributed by atoms with van der Waals surface area (Å²) in [5, 5.41) is 7.36. The van der Waals surface area contributed by atoms with Crippen molar-refractivity contribution in [3.05, 3.63) is 76.6 Å². The lowest BCUT2D eigenvalue weighted by Gasteiger charge is -2.20. The first kappa shape index (κ1) is 26.3. The number of rotatable bonds is 9. The molecule has 1 aromatic heterocycles. The molecule has 0 atom stereocenters. The van der Waals surface area contributed by atoms with E-state index < -0.39 is 0 Å². The van der Waals surface area contributed by atoms with Gasteiger partial charge in [0.05, 0.1) is 0 Å². The number of benzene rings is 2. The summed E-state index contributed by atoms with van der Waals surface area (Å²) in [5.74, 6) is 0.770. The SMILES string of the molecule is CCN(CCC(=O)NCc1ccc2c(c1)OCO2)C(=O)c1cc2n(n1)CCCN(Cc1cccc(C)c1)C2=O. The van der Waals surface area contributed by atoms with E-state index in [0.717, 1.165) is 23.1 Å². The Morgan fingerprint density at radius 3 is 2.72 bits per heavy atom. The van der Waals surface area contributed by atoms with Gasteiger partial charge in [-0.05, 0) is 43.5 Å². The molecule has 39 heavy (non-hydrogen) atoms. The Balaban J connectivity index is 1.18. The van der Waals surface area contributed by atoms with E-state index >= 15 is 0 Å². The van der Waals surface area contributed by atoms with Crippen LogP contribution in [-0.4, -0.2) is 63.7 Å². The van der Waals surface area contributed by atoms with Crippen molar-refractivity contribution in [1.29, 1.82) is 0 Å². The third-order valence-corrected chi connectivity index (χ3v) is 6.96. The van der Waals surface area contributed by atoms with Gasteiger partial charge in [0.15, 0.2) is 17.2 Å². The third kappa shape index (κ3) is 6.05. The highest BCUT2D eigenvalue weighted by molar-refractivity contribution is 5.98. The lowest BCUT2D eigenvalue weighted by Crippen LogP contribution is -2.35. The predicted molar refractivity (Wildman–Crippen MR) is 143 cm³/mol. The second-order valence-corrected chi connectivity index (χ2v) is 9.81. The molecular weight excluding hydrogens is 498 g/mol. The van der Waals surface area contributed by atoms with Crippen LogP contribution in [0.15, 0.2) is 48.5 Å². The van der Waals surface area contributed by atoms with Gasteiger partial charge in [0.1, 0.15) is 5.69 Å². The zero-order valence-electron chi connectivity index (χ0n) is 22.3. The minimum Gasteiger partial charge on any atom is -0.454 e. The summed E-state index contributed by atoms with van der Waals surface area (Å²) >= 11 is 0. The molecule has 3 amide bonds. The van der Waals surface area contributed by atoms with Crippen molar-refractivity contribution >= 4 is 17.7 Å². The van der Waals surface area contributed by atoms with Crippen LogP contribution in [0.1, 0.15) is 57.4 Å². The van der Waals surface area contributed by atoms with Crippen molar-refractivity contribution in [1.82, 2.24) is 24.9 Å². The van der Waals surface area contributed by atoms with E-state index in [1.165, 1.54) is 0 Å². The number of carbonyl (C=O) groups excluding carboxylic acids is 3. The maximum Gasteiger partial charge on any atom is 0.274 e. The van der Waals surface area contributed by atoms with Crippen LogP contribution in [0.4, 0.5) is 0 Å². The van der Waals surface area contributed by atoms with E-state index in [9.17, 15) is 14.4 Å². The van der Waals surface area contributed by atoms with Gasteiger partial charge in [0.2, 0.25) is 12.7 Å². The van der Waals surface area contributed by atoms with Crippen LogP contribution in [-0.2, 0) is 24.4 Å². The van der Waals surface area contributed by atoms with Gasteiger partial charge >= 0.3 is 0 Å². The van der Waals surface area contributed by atoms with Gasteiger partial charge in [-0.15, -0.1) is 0 Å². The molecule has 0 bridgehead atoms. The average molecular weight is 532 g/mol. The summed E-state index contributed by atoms with van der Waals surface area (Å²) in [6.45, 7) is 6.81. The second kappa shape index (κ2) is 11.6. The summed E-state index contributed by atoms with van der Waals surface area (Å²) in [5.41, 5.74) is 3.76. The predicted octanol–water partition coefficient (Wildman–Crippen LogP) is 3.13. The molecule has 204 valence electrons. The standard InChI is InChI=1S/C29H33N5O5/c1-3-32(13-10-27(35)30-17-21-8-9-25-26(15-21)39-19-38-25)28(36)23-16-24-29(37)33(11-5-12-34(24)31-23)18-22-7-4-6-20(2)14-22/h4,6-9,14-16H,3,5,10-13,17-19H2,1-2H3,(H,30,35). The van der Waals surface area contributed by atoms with Crippen molar-refractivity contribution in [2.75, 3.05) is 26.4 Å². The molecule has 0 saturated carbocycles. The molecule has 2 aromatic carbocycles. The molecule has 10 nitrogen and oxygen atoms in total. The highest BCUT2D eigenvalue weighted by Gasteiger charge is 2.28. The zero-order chi connectivity index (χ0) is 27.4. The van der Waals surface area contributed by atoms with Gasteiger partial charge in [-0.1, -0.05) is 35.9 Å². The van der Waals surface area contributed by atoms with Gasteiger partial charge < -0.3 is 24.6 Å². The number of amides is 3. The number of hydrogen-bond acceptors (Lipinski definition) is 6. The van der Waals surface area contributed by atoms with Crippen LogP contribution >= 0.6 is 0 Å². The maximum atomic E-state index is 13.3. The minimum absolute atomic E-state index is 0.133. The molecule has 3 heterocycles. The Morgan fingerprint density at radius 2 is 1.90 bits per heavy atom. The lowest BCUT2D eigenvalue weighted by molar-refractivity contribution is -0.121. The van der Waals surface area contributed by atoms with Crippen molar-refractivity contribution in [2.45, 2.75) is 46.3 Å². The van der Waals surface area contributed by atoms with Crippen LogP contribution in [0.2, 0.25) is 0 Å². The molecule has 0 radical (unpaired) electrons. The fourth-order valence-electron chi connectivity index (χ4n) is 4.86. The van der Waals surface area contributed by atoms with Crippen LogP contribution in [0.25, 0.3) is 0 Å². The van der Waals surface area contributed by atoms with Gasteiger partial charge in [0, 0.05) is 51.8 Å². The lowest BCUT2D eigenvalue weighted by atomic mass is 10.1. The first-order valence-corrected chi connectivity index (χ1v) is 13.3. The van der Waals surface area contributed by atoms with Gasteiger partial charge in [-0.3, -0.25) is 19.1 Å². The summed E-state index contributed by atoms with van der Waals surface area (Å²) < 4.78 is 12.3. The Kier molecular flexibility index (Phi) is 7.81. The fraction of sp³-hybridized carbons (Fsp3) is 0.379. The molecule has 0 aliphatic carbocycles. The second-order valence-electron chi connectivity index (χ2n) is 9.81. The topological polar surface area (TPSA) is 106 Å². The Morgan fingerprint density at radius 1 is 1.05 bits per heavy atom. The molecule has 1 N–H and O–H groups in total. The number of hydrogen-bond donors (Lipinski definition) is 1. The number of carbonyl (C=O) groups is 3. The van der Waals surface area contributed by atoms with Crippen molar-refractivity contribution in [3.63, 3.8) is 0 Å². The Bertz CT molecular complexity index is 1380. The van der Waals surface area contributed by atoms with E-state index in [1.54, 1.807) is 15.6 Å². The Hall–Kier alpha value is -4.34. The highest BCUT2D eigenvalue weighted by atomic mass is 16.7. The smallest absolute Gasteiger partial charge is 0.274 e. The van der Waals surface area contributed by atoms with Crippen LogP contribution in [0.5, 0.6) is 11.5 Å². The first-order chi connectivity index (χ1) is 18.9. The van der Waals surface area contributed by atoms with Crippen molar-refractivity contribution in [3.8, 4) is 11.5 Å². The zero-order valence-corrected chi connectivity index (χ0v) is 22.3. The summed E-state index contributed by atoms with van der Waals surface area (Å²) in [6, 6.07) is 15.2. The number of nitrogens with one attached hydrogen (secondary N) is 1. The van der Waals surface area contributed by atoms with Crippen LogP contribution < -0.4 is 14.8 Å². The van der Waals surface area contributed by atoms with Crippen LogP contribution in [0, 0.1) is 6.92 Å². The van der Waals surface area contributed by atoms with E-state index in [2.05, 4.69) is 16.5 Å². The molecule has 3 aromatic rings. The van der Waals surface area contributed by atoms with Gasteiger partial charge in [0.25, 0.3) is 11.8 Å². The minimum atomic E-state index is -0.292. The normalized spacial score (nSPS) is 14.1. The molecule has 10 heteroatoms. The maximum absolute atomic E-state index is 13.3. The molecule has 5 rings (SSSR count). The number of aryl methyl sites for hydroxylation is 2. The molecule has 0 saturated heterocycles. The van der Waals surface area contributed by atoms with Gasteiger partial charge in [-0.2, -0.15) is 5.10 Å². The largest absolute Gasteiger partial charge is 0.454 e. The summed E-state index contributed by atoms with van der Waals surface area (Å²) in [7, 11) is 0. The quantitative estimate of drug-likeness (QED) is 0.455. The molecule has 2 aliphatic rings.